The number of halogens is 1. The van der Waals surface area contributed by atoms with Crippen LogP contribution in [0.25, 0.3) is 5.65 Å². The molecule has 0 spiro atoms. The highest BCUT2D eigenvalue weighted by Crippen LogP contribution is 2.10. The number of aryl methyl sites for hydroxylation is 1. The van der Waals surface area contributed by atoms with Gasteiger partial charge in [0.1, 0.15) is 0 Å². The van der Waals surface area contributed by atoms with E-state index in [1.165, 1.54) is 51.0 Å². The molecule has 2 aromatic rings. The minimum Gasteiger partial charge on any atom is -0.303 e. The summed E-state index contributed by atoms with van der Waals surface area (Å²) in [6, 6.07) is 6.08. The maximum Gasteiger partial charge on any atom is 0.179 e. The standard InChI is InChI=1S/C13H19N5.ClH/c1-2-9-17(10-3-1)11-5-7-12-6-4-8-13-14-15-16-18(12)13;/h4,6,8H,1-3,5,7,9-11H2;1H. The first kappa shape index (κ1) is 14.2. The van der Waals surface area contributed by atoms with E-state index in [1.807, 2.05) is 16.6 Å². The summed E-state index contributed by atoms with van der Waals surface area (Å²) in [6.07, 6.45) is 6.35. The SMILES string of the molecule is Cl.c1cc(CCCN2CCCCC2)n2nnnc2c1. The molecule has 1 fully saturated rings. The molecule has 0 N–H and O–H groups in total. The molecule has 0 amide bonds. The molecule has 3 rings (SSSR count). The number of aromatic nitrogens is 4. The van der Waals surface area contributed by atoms with Gasteiger partial charge in [-0.25, -0.2) is 0 Å². The molecule has 0 unspecified atom stereocenters. The van der Waals surface area contributed by atoms with Crippen LogP contribution in [0.4, 0.5) is 0 Å². The van der Waals surface area contributed by atoms with Gasteiger partial charge in [0.05, 0.1) is 0 Å². The largest absolute Gasteiger partial charge is 0.303 e. The molecular formula is C13H20ClN5. The number of fused-ring (bicyclic) bond motifs is 1. The van der Waals surface area contributed by atoms with E-state index >= 15 is 0 Å². The first-order valence-corrected chi connectivity index (χ1v) is 6.82. The van der Waals surface area contributed by atoms with Gasteiger partial charge in [0.15, 0.2) is 5.65 Å². The van der Waals surface area contributed by atoms with Crippen LogP contribution in [-0.2, 0) is 6.42 Å². The van der Waals surface area contributed by atoms with Crippen LogP contribution >= 0.6 is 12.4 Å². The molecule has 5 nitrogen and oxygen atoms in total. The molecule has 2 aromatic heterocycles. The van der Waals surface area contributed by atoms with Crippen LogP contribution in [0.2, 0.25) is 0 Å². The van der Waals surface area contributed by atoms with E-state index in [1.54, 1.807) is 0 Å². The second kappa shape index (κ2) is 6.82. The van der Waals surface area contributed by atoms with Crippen LogP contribution in [0, 0.1) is 0 Å². The predicted molar refractivity (Wildman–Crippen MR) is 76.6 cm³/mol. The van der Waals surface area contributed by atoms with Crippen molar-refractivity contribution in [3.8, 4) is 0 Å². The van der Waals surface area contributed by atoms with E-state index < -0.39 is 0 Å². The van der Waals surface area contributed by atoms with Crippen molar-refractivity contribution in [2.75, 3.05) is 19.6 Å². The Balaban J connectivity index is 0.00000133. The van der Waals surface area contributed by atoms with Crippen molar-refractivity contribution in [2.24, 2.45) is 0 Å². The molecule has 0 saturated carbocycles. The number of piperidine rings is 1. The fourth-order valence-corrected chi connectivity index (χ4v) is 2.67. The number of likely N-dealkylation sites (tertiary alicyclic amines) is 1. The molecule has 1 aliphatic heterocycles. The fourth-order valence-electron chi connectivity index (χ4n) is 2.67. The lowest BCUT2D eigenvalue weighted by atomic mass is 10.1. The van der Waals surface area contributed by atoms with Gasteiger partial charge in [0.25, 0.3) is 0 Å². The summed E-state index contributed by atoms with van der Waals surface area (Å²) in [5.74, 6) is 0. The highest BCUT2D eigenvalue weighted by molar-refractivity contribution is 5.85. The number of rotatable bonds is 4. The van der Waals surface area contributed by atoms with Crippen molar-refractivity contribution < 1.29 is 0 Å². The highest BCUT2D eigenvalue weighted by Gasteiger charge is 2.10. The lowest BCUT2D eigenvalue weighted by Gasteiger charge is -2.26. The number of nitrogens with zero attached hydrogens (tertiary/aromatic N) is 5. The average molecular weight is 282 g/mol. The van der Waals surface area contributed by atoms with E-state index in [0.29, 0.717) is 0 Å². The Morgan fingerprint density at radius 3 is 2.79 bits per heavy atom. The lowest BCUT2D eigenvalue weighted by Crippen LogP contribution is -2.30. The van der Waals surface area contributed by atoms with Crippen molar-refractivity contribution >= 4 is 18.1 Å². The summed E-state index contributed by atoms with van der Waals surface area (Å²) >= 11 is 0. The highest BCUT2D eigenvalue weighted by atomic mass is 35.5. The Morgan fingerprint density at radius 1 is 1.11 bits per heavy atom. The van der Waals surface area contributed by atoms with E-state index in [9.17, 15) is 0 Å². The van der Waals surface area contributed by atoms with Crippen molar-refractivity contribution in [1.82, 2.24) is 24.9 Å². The van der Waals surface area contributed by atoms with Crippen LogP contribution < -0.4 is 0 Å². The molecule has 0 aromatic carbocycles. The molecule has 1 saturated heterocycles. The Kier molecular flexibility index (Phi) is 5.10. The molecule has 104 valence electrons. The zero-order valence-electron chi connectivity index (χ0n) is 11.0. The van der Waals surface area contributed by atoms with Crippen LogP contribution in [0.1, 0.15) is 31.4 Å². The quantitative estimate of drug-likeness (QED) is 0.860. The van der Waals surface area contributed by atoms with Gasteiger partial charge in [0.2, 0.25) is 0 Å². The molecule has 1 aliphatic rings. The molecule has 19 heavy (non-hydrogen) atoms. The van der Waals surface area contributed by atoms with Gasteiger partial charge in [-0.15, -0.1) is 17.5 Å². The summed E-state index contributed by atoms with van der Waals surface area (Å²) in [4.78, 5) is 2.57. The summed E-state index contributed by atoms with van der Waals surface area (Å²) in [7, 11) is 0. The minimum atomic E-state index is 0. The summed E-state index contributed by atoms with van der Waals surface area (Å²) in [6.45, 7) is 3.74. The number of hydrogen-bond donors (Lipinski definition) is 0. The van der Waals surface area contributed by atoms with Crippen LogP contribution in [0.15, 0.2) is 18.2 Å². The molecule has 0 bridgehead atoms. The van der Waals surface area contributed by atoms with Crippen molar-refractivity contribution in [1.29, 1.82) is 0 Å². The van der Waals surface area contributed by atoms with Crippen LogP contribution in [0.5, 0.6) is 0 Å². The maximum absolute atomic E-state index is 4.03. The van der Waals surface area contributed by atoms with Gasteiger partial charge in [0, 0.05) is 5.69 Å². The second-order valence-electron chi connectivity index (χ2n) is 4.97. The van der Waals surface area contributed by atoms with Gasteiger partial charge in [-0.3, -0.25) is 0 Å². The van der Waals surface area contributed by atoms with Gasteiger partial charge in [-0.05, 0) is 67.9 Å². The third-order valence-corrected chi connectivity index (χ3v) is 3.66. The van der Waals surface area contributed by atoms with E-state index in [2.05, 4.69) is 26.5 Å². The zero-order valence-corrected chi connectivity index (χ0v) is 11.8. The molecule has 3 heterocycles. The maximum atomic E-state index is 4.03. The van der Waals surface area contributed by atoms with Crippen LogP contribution in [-0.4, -0.2) is 44.6 Å². The van der Waals surface area contributed by atoms with Gasteiger partial charge in [-0.1, -0.05) is 12.5 Å². The smallest absolute Gasteiger partial charge is 0.179 e. The summed E-state index contributed by atoms with van der Waals surface area (Å²) in [5, 5.41) is 11.7. The fraction of sp³-hybridized carbons (Fsp3) is 0.615. The van der Waals surface area contributed by atoms with E-state index in [0.717, 1.165) is 12.1 Å². The van der Waals surface area contributed by atoms with Crippen molar-refractivity contribution in [3.63, 3.8) is 0 Å². The summed E-state index contributed by atoms with van der Waals surface area (Å²) < 4.78 is 1.84. The Labute approximate surface area is 119 Å². The second-order valence-corrected chi connectivity index (χ2v) is 4.97. The van der Waals surface area contributed by atoms with E-state index in [-0.39, 0.29) is 12.4 Å². The Bertz CT molecular complexity index is 506. The molecule has 0 radical (unpaired) electrons. The van der Waals surface area contributed by atoms with Crippen molar-refractivity contribution in [3.05, 3.63) is 23.9 Å². The third kappa shape index (κ3) is 3.42. The molecular weight excluding hydrogens is 262 g/mol. The Morgan fingerprint density at radius 2 is 1.95 bits per heavy atom. The summed E-state index contributed by atoms with van der Waals surface area (Å²) in [5.41, 5.74) is 2.04. The molecule has 0 aliphatic carbocycles. The molecule has 6 heteroatoms. The monoisotopic (exact) mass is 281 g/mol. The lowest BCUT2D eigenvalue weighted by molar-refractivity contribution is 0.226. The van der Waals surface area contributed by atoms with Crippen molar-refractivity contribution in [2.45, 2.75) is 32.1 Å². The minimum absolute atomic E-state index is 0. The molecule has 0 atom stereocenters. The first-order chi connectivity index (χ1) is 8.93. The van der Waals surface area contributed by atoms with E-state index in [4.69, 9.17) is 0 Å². The number of hydrogen-bond acceptors (Lipinski definition) is 4. The van der Waals surface area contributed by atoms with Crippen LogP contribution in [0.3, 0.4) is 0 Å². The topological polar surface area (TPSA) is 46.3 Å². The number of tetrazole rings is 1. The van der Waals surface area contributed by atoms with Gasteiger partial charge < -0.3 is 4.90 Å². The van der Waals surface area contributed by atoms with Gasteiger partial charge in [-0.2, -0.15) is 4.52 Å². The first-order valence-electron chi connectivity index (χ1n) is 6.82. The van der Waals surface area contributed by atoms with Gasteiger partial charge >= 0.3 is 0 Å². The number of pyridine rings is 1. The normalized spacial score (nSPS) is 16.4. The average Bonchev–Trinajstić information content (AvgIpc) is 2.89. The third-order valence-electron chi connectivity index (χ3n) is 3.66. The predicted octanol–water partition coefficient (Wildman–Crippen LogP) is 1.96. The Hall–Kier alpha value is -1.20. The zero-order chi connectivity index (χ0) is 12.2.